The molecule has 2 saturated carbocycles. The molecule has 156 valence electrons. The van der Waals surface area contributed by atoms with Crippen molar-refractivity contribution in [2.75, 3.05) is 20.8 Å². The zero-order chi connectivity index (χ0) is 20.5. The Morgan fingerprint density at radius 2 is 1.97 bits per heavy atom. The molecule has 0 radical (unpaired) electrons. The maximum absolute atomic E-state index is 12.9. The minimum absolute atomic E-state index is 0.153. The van der Waals surface area contributed by atoms with Crippen molar-refractivity contribution in [3.05, 3.63) is 28.3 Å². The summed E-state index contributed by atoms with van der Waals surface area (Å²) in [7, 11) is 3.07. The highest BCUT2D eigenvalue weighted by Gasteiger charge is 2.40. The quantitative estimate of drug-likeness (QED) is 0.773. The molecule has 0 aliphatic heterocycles. The standard InChI is InChI=1S/C22H29N3O4/c1-4-25(21(26)9-15-8-13-5-6-14(15)7-13)12-20-23-17-11-19(29-3)18(28-2)10-16(17)22(27)24-20/h10-11,13-15H,4-9,12H2,1-3H3,(H,23,24,27)/t13-,14-,15+/m1/s1. The summed E-state index contributed by atoms with van der Waals surface area (Å²) in [6.45, 7) is 2.86. The average molecular weight is 399 g/mol. The molecule has 2 bridgehead atoms. The molecule has 1 heterocycles. The van der Waals surface area contributed by atoms with E-state index in [0.717, 1.165) is 11.8 Å². The van der Waals surface area contributed by atoms with Gasteiger partial charge < -0.3 is 19.4 Å². The van der Waals surface area contributed by atoms with E-state index in [9.17, 15) is 9.59 Å². The Kier molecular flexibility index (Phi) is 5.48. The molecule has 7 heteroatoms. The number of fused-ring (bicyclic) bond motifs is 3. The SMILES string of the molecule is CCN(Cc1nc2cc(OC)c(OC)cc2c(=O)[nH]1)C(=O)C[C@@H]1C[C@@H]2CC[C@@H]1C2. The summed E-state index contributed by atoms with van der Waals surface area (Å²) in [5.74, 6) is 3.72. The lowest BCUT2D eigenvalue weighted by atomic mass is 9.86. The molecule has 1 N–H and O–H groups in total. The number of aromatic amines is 1. The number of aromatic nitrogens is 2. The number of hydrogen-bond donors (Lipinski definition) is 1. The number of hydrogen-bond acceptors (Lipinski definition) is 5. The number of methoxy groups -OCH3 is 2. The first kappa shape index (κ1) is 19.7. The number of amides is 1. The fraction of sp³-hybridized carbons (Fsp3) is 0.591. The van der Waals surface area contributed by atoms with E-state index >= 15 is 0 Å². The number of carbonyl (C=O) groups is 1. The van der Waals surface area contributed by atoms with E-state index in [1.807, 2.05) is 6.92 Å². The summed E-state index contributed by atoms with van der Waals surface area (Å²) >= 11 is 0. The first-order valence-corrected chi connectivity index (χ1v) is 10.4. The molecule has 0 saturated heterocycles. The van der Waals surface area contributed by atoms with Gasteiger partial charge in [0.25, 0.3) is 5.56 Å². The van der Waals surface area contributed by atoms with Crippen LogP contribution < -0.4 is 15.0 Å². The molecule has 3 atom stereocenters. The van der Waals surface area contributed by atoms with Crippen molar-refractivity contribution in [1.29, 1.82) is 0 Å². The van der Waals surface area contributed by atoms with Crippen LogP contribution in [0.1, 0.15) is 44.9 Å². The van der Waals surface area contributed by atoms with Crippen LogP contribution in [0, 0.1) is 17.8 Å². The predicted molar refractivity (Wildman–Crippen MR) is 110 cm³/mol. The Morgan fingerprint density at radius 3 is 2.59 bits per heavy atom. The van der Waals surface area contributed by atoms with Crippen LogP contribution in [-0.2, 0) is 11.3 Å². The van der Waals surface area contributed by atoms with E-state index in [1.165, 1.54) is 32.8 Å². The average Bonchev–Trinajstić information content (AvgIpc) is 3.34. The summed E-state index contributed by atoms with van der Waals surface area (Å²) < 4.78 is 10.6. The molecule has 29 heavy (non-hydrogen) atoms. The third-order valence-corrected chi connectivity index (χ3v) is 6.66. The van der Waals surface area contributed by atoms with E-state index in [1.54, 1.807) is 24.1 Å². The van der Waals surface area contributed by atoms with Crippen LogP contribution in [-0.4, -0.2) is 41.5 Å². The number of nitrogens with zero attached hydrogens (tertiary/aromatic N) is 2. The number of nitrogens with one attached hydrogen (secondary N) is 1. The monoisotopic (exact) mass is 399 g/mol. The summed E-state index contributed by atoms with van der Waals surface area (Å²) in [6, 6.07) is 3.32. The second-order valence-corrected chi connectivity index (χ2v) is 8.28. The molecule has 1 amide bonds. The van der Waals surface area contributed by atoms with Gasteiger partial charge >= 0.3 is 0 Å². The van der Waals surface area contributed by atoms with E-state index in [4.69, 9.17) is 9.47 Å². The molecular weight excluding hydrogens is 370 g/mol. The highest BCUT2D eigenvalue weighted by molar-refractivity contribution is 5.82. The van der Waals surface area contributed by atoms with Crippen LogP contribution in [0.25, 0.3) is 10.9 Å². The van der Waals surface area contributed by atoms with Crippen molar-refractivity contribution in [2.24, 2.45) is 17.8 Å². The predicted octanol–water partition coefficient (Wildman–Crippen LogP) is 3.12. The van der Waals surface area contributed by atoms with Crippen LogP contribution in [0.4, 0.5) is 0 Å². The summed E-state index contributed by atoms with van der Waals surface area (Å²) in [4.78, 5) is 34.7. The Morgan fingerprint density at radius 1 is 1.21 bits per heavy atom. The lowest BCUT2D eigenvalue weighted by Gasteiger charge is -2.26. The van der Waals surface area contributed by atoms with E-state index in [2.05, 4.69) is 9.97 Å². The van der Waals surface area contributed by atoms with Gasteiger partial charge in [-0.15, -0.1) is 0 Å². The summed E-state index contributed by atoms with van der Waals surface area (Å²) in [6.07, 6.45) is 5.72. The highest BCUT2D eigenvalue weighted by atomic mass is 16.5. The Hall–Kier alpha value is -2.57. The fourth-order valence-electron chi connectivity index (χ4n) is 5.13. The lowest BCUT2D eigenvalue weighted by molar-refractivity contribution is -0.133. The molecule has 2 fully saturated rings. The van der Waals surface area contributed by atoms with Crippen molar-refractivity contribution in [1.82, 2.24) is 14.9 Å². The third kappa shape index (κ3) is 3.82. The summed E-state index contributed by atoms with van der Waals surface area (Å²) in [5.41, 5.74) is 0.278. The van der Waals surface area contributed by atoms with Crippen LogP contribution >= 0.6 is 0 Å². The Bertz CT molecular complexity index is 970. The zero-order valence-corrected chi connectivity index (χ0v) is 17.4. The van der Waals surface area contributed by atoms with Gasteiger partial charge in [0, 0.05) is 19.0 Å². The van der Waals surface area contributed by atoms with Crippen LogP contribution in [0.5, 0.6) is 11.5 Å². The van der Waals surface area contributed by atoms with E-state index in [-0.39, 0.29) is 11.5 Å². The second kappa shape index (κ2) is 8.05. The minimum Gasteiger partial charge on any atom is -0.493 e. The molecule has 1 aromatic carbocycles. The molecule has 0 unspecified atom stereocenters. The van der Waals surface area contributed by atoms with Crippen molar-refractivity contribution < 1.29 is 14.3 Å². The van der Waals surface area contributed by atoms with Gasteiger partial charge in [-0.1, -0.05) is 6.42 Å². The fourth-order valence-corrected chi connectivity index (χ4v) is 5.13. The van der Waals surface area contributed by atoms with Crippen LogP contribution in [0.2, 0.25) is 0 Å². The molecular formula is C22H29N3O4. The zero-order valence-electron chi connectivity index (χ0n) is 17.4. The Labute approximate surface area is 170 Å². The number of ether oxygens (including phenoxy) is 2. The molecule has 0 spiro atoms. The largest absolute Gasteiger partial charge is 0.493 e. The van der Waals surface area contributed by atoms with Gasteiger partial charge in [-0.2, -0.15) is 0 Å². The van der Waals surface area contributed by atoms with Gasteiger partial charge in [-0.25, -0.2) is 4.98 Å². The van der Waals surface area contributed by atoms with Crippen molar-refractivity contribution in [3.8, 4) is 11.5 Å². The first-order chi connectivity index (χ1) is 14.0. The molecule has 2 aromatic rings. The maximum atomic E-state index is 12.9. The number of H-pyrrole nitrogens is 1. The third-order valence-electron chi connectivity index (χ3n) is 6.66. The topological polar surface area (TPSA) is 84.5 Å². The van der Waals surface area contributed by atoms with Gasteiger partial charge in [0.05, 0.1) is 31.7 Å². The van der Waals surface area contributed by atoms with Gasteiger partial charge in [0.2, 0.25) is 5.91 Å². The Balaban J connectivity index is 1.53. The van der Waals surface area contributed by atoms with Crippen molar-refractivity contribution in [2.45, 2.75) is 45.6 Å². The maximum Gasteiger partial charge on any atom is 0.258 e. The second-order valence-electron chi connectivity index (χ2n) is 8.28. The minimum atomic E-state index is -0.248. The lowest BCUT2D eigenvalue weighted by Crippen LogP contribution is -2.33. The van der Waals surface area contributed by atoms with Crippen molar-refractivity contribution in [3.63, 3.8) is 0 Å². The van der Waals surface area contributed by atoms with Crippen LogP contribution in [0.3, 0.4) is 0 Å². The number of rotatable bonds is 7. The molecule has 2 aliphatic carbocycles. The van der Waals surface area contributed by atoms with Crippen LogP contribution in [0.15, 0.2) is 16.9 Å². The van der Waals surface area contributed by atoms with Gasteiger partial charge in [0.1, 0.15) is 5.82 Å². The summed E-state index contributed by atoms with van der Waals surface area (Å²) in [5, 5.41) is 0.433. The first-order valence-electron chi connectivity index (χ1n) is 10.4. The van der Waals surface area contributed by atoms with E-state index < -0.39 is 0 Å². The molecule has 7 nitrogen and oxygen atoms in total. The molecule has 1 aromatic heterocycles. The van der Waals surface area contributed by atoms with Gasteiger partial charge in [0.15, 0.2) is 11.5 Å². The number of benzene rings is 1. The molecule has 4 rings (SSSR count). The molecule has 2 aliphatic rings. The van der Waals surface area contributed by atoms with Gasteiger partial charge in [-0.05, 0) is 50.0 Å². The smallest absolute Gasteiger partial charge is 0.258 e. The van der Waals surface area contributed by atoms with E-state index in [0.29, 0.717) is 53.7 Å². The van der Waals surface area contributed by atoms with Gasteiger partial charge in [-0.3, -0.25) is 9.59 Å². The van der Waals surface area contributed by atoms with Crippen molar-refractivity contribution >= 4 is 16.8 Å². The number of carbonyl (C=O) groups excluding carboxylic acids is 1. The normalized spacial score (nSPS) is 22.8. The highest BCUT2D eigenvalue weighted by Crippen LogP contribution is 2.49.